The average molecular weight is 356 g/mol. The summed E-state index contributed by atoms with van der Waals surface area (Å²) >= 11 is -3.07. The van der Waals surface area contributed by atoms with Gasteiger partial charge in [0.15, 0.2) is 0 Å². The van der Waals surface area contributed by atoms with Gasteiger partial charge >= 0.3 is 105 Å². The Bertz CT molecular complexity index is 376. The molecule has 1 aromatic rings. The number of halogens is 3. The number of benzene rings is 1. The zero-order valence-corrected chi connectivity index (χ0v) is 12.4. The van der Waals surface area contributed by atoms with E-state index in [-0.39, 0.29) is 6.10 Å². The van der Waals surface area contributed by atoms with Crippen LogP contribution >= 0.6 is 29.1 Å². The van der Waals surface area contributed by atoms with Gasteiger partial charge in [-0.05, 0) is 0 Å². The van der Waals surface area contributed by atoms with Gasteiger partial charge in [-0.25, -0.2) is 0 Å². The number of hydrogen-bond acceptors (Lipinski definition) is 1. The Kier molecular flexibility index (Phi) is 5.05. The van der Waals surface area contributed by atoms with Crippen molar-refractivity contribution < 1.29 is 16.1 Å². The van der Waals surface area contributed by atoms with E-state index in [9.17, 15) is 0 Å². The van der Waals surface area contributed by atoms with Crippen molar-refractivity contribution in [3.63, 3.8) is 0 Å². The molecule has 1 rings (SSSR count). The van der Waals surface area contributed by atoms with Gasteiger partial charge in [0.25, 0.3) is 0 Å². The molecule has 0 aromatic heterocycles. The maximum atomic E-state index is 5.87. The number of hydrogen-bond donors (Lipinski definition) is 0. The fourth-order valence-electron chi connectivity index (χ4n) is 1.05. The van der Waals surface area contributed by atoms with Crippen LogP contribution in [0.25, 0.3) is 0 Å². The molecule has 0 N–H and O–H groups in total. The van der Waals surface area contributed by atoms with Crippen molar-refractivity contribution in [2.45, 2.75) is 20.0 Å². The third-order valence-corrected chi connectivity index (χ3v) is 3.99. The Balaban J connectivity index is 3.07. The number of rotatable bonds is 3. The van der Waals surface area contributed by atoms with E-state index < -0.39 is 11.4 Å². The van der Waals surface area contributed by atoms with E-state index in [4.69, 9.17) is 33.8 Å². The minimum atomic E-state index is -3.07. The molecule has 5 heteroatoms. The Morgan fingerprint density at radius 1 is 1.20 bits per heavy atom. The van der Waals surface area contributed by atoms with Gasteiger partial charge in [-0.1, -0.05) is 0 Å². The molecule has 0 amide bonds. The van der Waals surface area contributed by atoms with E-state index >= 15 is 0 Å². The van der Waals surface area contributed by atoms with Crippen LogP contribution in [0, 0.1) is 0 Å². The van der Waals surface area contributed by atoms with Crippen molar-refractivity contribution in [2.24, 2.45) is 0 Å². The minimum absolute atomic E-state index is 0.111. The molecule has 1 nitrogen and oxygen atoms in total. The van der Waals surface area contributed by atoms with Crippen molar-refractivity contribution in [3.05, 3.63) is 29.8 Å². The van der Waals surface area contributed by atoms with Crippen LogP contribution in [-0.2, 0) is 11.4 Å². The molecule has 1 aromatic carbocycles. The van der Waals surface area contributed by atoms with E-state index in [1.165, 1.54) is 0 Å². The van der Waals surface area contributed by atoms with Crippen molar-refractivity contribution in [2.75, 3.05) is 0 Å². The van der Waals surface area contributed by atoms with E-state index in [1.54, 1.807) is 4.61 Å². The SMILES string of the molecule is CC(C)Oc1ccccc1[CH]=[Ru-3]([Cl])([Cl])[Cl]. The molecule has 90 valence electrons. The first-order valence-electron chi connectivity index (χ1n) is 4.32. The average Bonchev–Trinajstić information content (AvgIpc) is 2.05. The standard InChI is InChI=1S/C10H12O.3ClH.Ru/c1-8(2)11-10-7-5-4-6-9(10)3;;;;/h3-8H,1-2H3;3*1H;/p-3. The Morgan fingerprint density at radius 3 is 2.33 bits per heavy atom. The summed E-state index contributed by atoms with van der Waals surface area (Å²) in [7, 11) is 17.6. The van der Waals surface area contributed by atoms with Gasteiger partial charge in [-0.3, -0.25) is 0 Å². The summed E-state index contributed by atoms with van der Waals surface area (Å²) in [4.78, 5) is 0. The Hall–Kier alpha value is 0.383. The molecule has 0 aliphatic carbocycles. The quantitative estimate of drug-likeness (QED) is 0.737. The van der Waals surface area contributed by atoms with Gasteiger partial charge in [-0.15, -0.1) is 0 Å². The fraction of sp³-hybridized carbons (Fsp3) is 0.300. The molecule has 0 saturated carbocycles. The molecule has 0 aliphatic heterocycles. The van der Waals surface area contributed by atoms with Crippen molar-refractivity contribution in [1.82, 2.24) is 0 Å². The predicted molar refractivity (Wildman–Crippen MR) is 64.9 cm³/mol. The summed E-state index contributed by atoms with van der Waals surface area (Å²) in [5, 5.41) is 0. The second kappa shape index (κ2) is 5.63. The second-order valence-corrected chi connectivity index (χ2v) is 15.5. The molecule has 15 heavy (non-hydrogen) atoms. The van der Waals surface area contributed by atoms with Gasteiger partial charge in [0.2, 0.25) is 0 Å². The first-order chi connectivity index (χ1) is 6.88. The van der Waals surface area contributed by atoms with Crippen molar-refractivity contribution in [3.8, 4) is 5.75 Å². The third kappa shape index (κ3) is 5.31. The van der Waals surface area contributed by atoms with Gasteiger partial charge in [-0.2, -0.15) is 0 Å². The molecular formula is C10H12Cl3ORu-3. The van der Waals surface area contributed by atoms with E-state index in [1.807, 2.05) is 38.1 Å². The molecule has 0 aliphatic rings. The van der Waals surface area contributed by atoms with Gasteiger partial charge in [0, 0.05) is 0 Å². The summed E-state index contributed by atoms with van der Waals surface area (Å²) in [5.74, 6) is 0.764. The first-order valence-corrected chi connectivity index (χ1v) is 12.0. The summed E-state index contributed by atoms with van der Waals surface area (Å²) < 4.78 is 7.32. The molecule has 0 heterocycles. The van der Waals surface area contributed by atoms with Crippen LogP contribution in [0.4, 0.5) is 0 Å². The van der Waals surface area contributed by atoms with E-state index in [0.717, 1.165) is 11.3 Å². The van der Waals surface area contributed by atoms with Crippen LogP contribution in [0.3, 0.4) is 0 Å². The zero-order chi connectivity index (χ0) is 11.5. The summed E-state index contributed by atoms with van der Waals surface area (Å²) in [6.45, 7) is 3.93. The van der Waals surface area contributed by atoms with Crippen LogP contribution in [0.15, 0.2) is 24.3 Å². The topological polar surface area (TPSA) is 9.23 Å². The summed E-state index contributed by atoms with van der Waals surface area (Å²) in [5.41, 5.74) is 0.859. The van der Waals surface area contributed by atoms with Gasteiger partial charge in [0.1, 0.15) is 0 Å². The fourth-order valence-corrected chi connectivity index (χ4v) is 3.55. The second-order valence-electron chi connectivity index (χ2n) is 3.19. The van der Waals surface area contributed by atoms with Crippen LogP contribution in [0.5, 0.6) is 5.75 Å². The molecule has 0 saturated heterocycles. The molecule has 0 fully saturated rings. The first kappa shape index (κ1) is 13.4. The van der Waals surface area contributed by atoms with Crippen molar-refractivity contribution in [1.29, 1.82) is 0 Å². The van der Waals surface area contributed by atoms with Crippen LogP contribution < -0.4 is 4.74 Å². The van der Waals surface area contributed by atoms with Crippen LogP contribution in [0.2, 0.25) is 0 Å². The summed E-state index contributed by atoms with van der Waals surface area (Å²) in [6.07, 6.45) is 0.111. The molecule has 0 atom stereocenters. The number of ether oxygens (including phenoxy) is 1. The van der Waals surface area contributed by atoms with E-state index in [2.05, 4.69) is 0 Å². The summed E-state index contributed by atoms with van der Waals surface area (Å²) in [6, 6.07) is 7.56. The normalized spacial score (nSPS) is 12.7. The predicted octanol–water partition coefficient (Wildman–Crippen LogP) is 4.24. The van der Waals surface area contributed by atoms with Gasteiger partial charge in [0.05, 0.1) is 0 Å². The Labute approximate surface area is 105 Å². The number of para-hydroxylation sites is 1. The molecule has 0 radical (unpaired) electrons. The van der Waals surface area contributed by atoms with Gasteiger partial charge < -0.3 is 0 Å². The Morgan fingerprint density at radius 2 is 1.80 bits per heavy atom. The maximum absolute atomic E-state index is 5.87. The third-order valence-electron chi connectivity index (χ3n) is 1.51. The van der Waals surface area contributed by atoms with Crippen molar-refractivity contribution >= 4 is 33.7 Å². The van der Waals surface area contributed by atoms with Crippen LogP contribution in [0.1, 0.15) is 19.4 Å². The van der Waals surface area contributed by atoms with Crippen LogP contribution in [-0.4, -0.2) is 10.7 Å². The molecule has 0 spiro atoms. The van der Waals surface area contributed by atoms with E-state index in [0.29, 0.717) is 0 Å². The molecular weight excluding hydrogens is 344 g/mol. The molecule has 0 unspecified atom stereocenters. The molecule has 0 bridgehead atoms. The monoisotopic (exact) mass is 355 g/mol. The zero-order valence-electron chi connectivity index (χ0n) is 8.36.